The van der Waals surface area contributed by atoms with E-state index in [4.69, 9.17) is 24.9 Å². The molecule has 0 radical (unpaired) electrons. The topological polar surface area (TPSA) is 104 Å². The Hall–Kier alpha value is -1.52. The van der Waals surface area contributed by atoms with Gasteiger partial charge in [-0.05, 0) is 31.9 Å². The highest BCUT2D eigenvalue weighted by molar-refractivity contribution is 9.11. The van der Waals surface area contributed by atoms with Gasteiger partial charge in [-0.2, -0.15) is 0 Å². The van der Waals surface area contributed by atoms with Crippen molar-refractivity contribution in [3.63, 3.8) is 0 Å². The zero-order valence-corrected chi connectivity index (χ0v) is 15.4. The summed E-state index contributed by atoms with van der Waals surface area (Å²) in [6.07, 6.45) is -0.519. The van der Waals surface area contributed by atoms with Gasteiger partial charge in [-0.15, -0.1) is 0 Å². The predicted molar refractivity (Wildman–Crippen MR) is 87.3 cm³/mol. The molecule has 1 aromatic rings. The lowest BCUT2D eigenvalue weighted by molar-refractivity contribution is -0.115. The maximum absolute atomic E-state index is 11.7. The molecule has 1 aromatic carbocycles. The lowest BCUT2D eigenvalue weighted by Gasteiger charge is -2.20. The highest BCUT2D eigenvalue weighted by Gasteiger charge is 2.41. The monoisotopic (exact) mass is 449 g/mol. The Kier molecular flexibility index (Phi) is 4.39. The van der Waals surface area contributed by atoms with E-state index >= 15 is 0 Å². The number of carbonyl (C=O) groups excluding carboxylic acids is 1. The highest BCUT2D eigenvalue weighted by Crippen LogP contribution is 2.55. The van der Waals surface area contributed by atoms with Crippen LogP contribution >= 0.6 is 31.9 Å². The van der Waals surface area contributed by atoms with Gasteiger partial charge in [0.05, 0.1) is 22.0 Å². The smallest absolute Gasteiger partial charge is 0.283 e. The van der Waals surface area contributed by atoms with Crippen molar-refractivity contribution in [2.24, 2.45) is 16.9 Å². The van der Waals surface area contributed by atoms with Crippen LogP contribution in [0.2, 0.25) is 0 Å². The second-order valence-corrected chi connectivity index (χ2v) is 6.49. The van der Waals surface area contributed by atoms with Gasteiger partial charge in [0.15, 0.2) is 23.3 Å². The van der Waals surface area contributed by atoms with Crippen LogP contribution in [0, 0.1) is 5.92 Å². The number of nitrogens with two attached hydrogens (primary N) is 1. The van der Waals surface area contributed by atoms with Crippen molar-refractivity contribution >= 4 is 43.5 Å². The van der Waals surface area contributed by atoms with Crippen LogP contribution in [0.15, 0.2) is 14.1 Å². The molecule has 3 N–H and O–H groups in total. The van der Waals surface area contributed by atoms with Gasteiger partial charge in [-0.25, -0.2) is 5.84 Å². The van der Waals surface area contributed by atoms with E-state index in [9.17, 15) is 4.79 Å². The summed E-state index contributed by atoms with van der Waals surface area (Å²) in [6.45, 7) is 1.92. The molecule has 0 saturated heterocycles. The minimum atomic E-state index is -0.519. The average molecular weight is 451 g/mol. The zero-order chi connectivity index (χ0) is 16.7. The number of amides is 1. The van der Waals surface area contributed by atoms with Crippen LogP contribution in [-0.2, 0) is 9.63 Å². The molecule has 1 amide bonds. The fourth-order valence-corrected chi connectivity index (χ4v) is 4.29. The molecule has 0 bridgehead atoms. The van der Waals surface area contributed by atoms with E-state index in [-0.39, 0.29) is 18.4 Å². The maximum atomic E-state index is 11.7. The van der Waals surface area contributed by atoms with Gasteiger partial charge in [0.25, 0.3) is 5.91 Å². The Balaban J connectivity index is 2.07. The molecule has 23 heavy (non-hydrogen) atoms. The van der Waals surface area contributed by atoms with Crippen LogP contribution in [0.4, 0.5) is 0 Å². The molecule has 3 rings (SSSR count). The Morgan fingerprint density at radius 3 is 2.70 bits per heavy atom. The molecule has 10 heteroatoms. The summed E-state index contributed by atoms with van der Waals surface area (Å²) < 4.78 is 17.6. The van der Waals surface area contributed by atoms with Crippen LogP contribution in [0.5, 0.6) is 17.2 Å². The van der Waals surface area contributed by atoms with E-state index in [1.54, 1.807) is 0 Å². The van der Waals surface area contributed by atoms with Gasteiger partial charge in [-0.1, -0.05) is 12.1 Å². The fraction of sp³-hybridized carbons (Fsp3) is 0.385. The van der Waals surface area contributed by atoms with Gasteiger partial charge < -0.3 is 19.0 Å². The molecule has 2 atom stereocenters. The number of hydrazine groups is 1. The van der Waals surface area contributed by atoms with Gasteiger partial charge in [0.1, 0.15) is 0 Å². The minimum absolute atomic E-state index is 0.0958. The molecule has 0 spiro atoms. The summed E-state index contributed by atoms with van der Waals surface area (Å²) in [7, 11) is 1.53. The number of benzene rings is 1. The summed E-state index contributed by atoms with van der Waals surface area (Å²) >= 11 is 7.02. The summed E-state index contributed by atoms with van der Waals surface area (Å²) in [5.74, 6) is 5.87. The molecular weight excluding hydrogens is 438 g/mol. The van der Waals surface area contributed by atoms with E-state index in [0.29, 0.717) is 31.8 Å². The number of nitrogens with one attached hydrogen (secondary N) is 1. The predicted octanol–water partition coefficient (Wildman–Crippen LogP) is 2.00. The largest absolute Gasteiger partial charge is 0.492 e. The molecule has 2 aliphatic rings. The molecule has 2 heterocycles. The molecule has 0 aliphatic carbocycles. The van der Waals surface area contributed by atoms with E-state index in [1.165, 1.54) is 7.11 Å². The Morgan fingerprint density at radius 1 is 1.35 bits per heavy atom. The standard InChI is InChI=1S/C13H13Br2N3O5/c1-4-8(13(19)17-16)18-23-9(4)5-6(14)10(20-2)12-11(7(5)15)21-3-22-12/h4,9H,3,16H2,1-2H3,(H,17,19)/t4-,9+/m0/s1. The summed E-state index contributed by atoms with van der Waals surface area (Å²) in [6, 6.07) is 0. The van der Waals surface area contributed by atoms with Gasteiger partial charge in [0.2, 0.25) is 12.5 Å². The summed E-state index contributed by atoms with van der Waals surface area (Å²) in [5, 5.41) is 3.85. The SMILES string of the molecule is COc1c(Br)c([C@@H]2ON=C(C(=O)NN)[C@@H]2C)c(Br)c2c1OCO2. The van der Waals surface area contributed by atoms with Crippen molar-refractivity contribution in [1.29, 1.82) is 0 Å². The molecule has 0 saturated carbocycles. The number of rotatable bonds is 3. The van der Waals surface area contributed by atoms with Crippen molar-refractivity contribution in [2.45, 2.75) is 13.0 Å². The van der Waals surface area contributed by atoms with E-state index in [0.717, 1.165) is 0 Å². The number of fused-ring (bicyclic) bond motifs is 1. The lowest BCUT2D eigenvalue weighted by Crippen LogP contribution is -2.38. The first-order chi connectivity index (χ1) is 11.0. The normalized spacial score (nSPS) is 21.7. The third kappa shape index (κ3) is 2.45. The third-order valence-corrected chi connectivity index (χ3v) is 5.27. The molecule has 0 fully saturated rings. The van der Waals surface area contributed by atoms with Gasteiger partial charge in [0, 0.05) is 5.56 Å². The zero-order valence-electron chi connectivity index (χ0n) is 12.2. The average Bonchev–Trinajstić information content (AvgIpc) is 3.15. The first-order valence-corrected chi connectivity index (χ1v) is 8.18. The quantitative estimate of drug-likeness (QED) is 0.414. The van der Waals surface area contributed by atoms with Crippen LogP contribution in [-0.4, -0.2) is 25.5 Å². The number of oxime groups is 1. The number of ether oxygens (including phenoxy) is 3. The molecule has 124 valence electrons. The number of nitrogens with zero attached hydrogens (tertiary/aromatic N) is 1. The highest BCUT2D eigenvalue weighted by atomic mass is 79.9. The summed E-state index contributed by atoms with van der Waals surface area (Å²) in [5.41, 5.74) is 2.99. The summed E-state index contributed by atoms with van der Waals surface area (Å²) in [4.78, 5) is 17.2. The fourth-order valence-electron chi connectivity index (χ4n) is 2.54. The van der Waals surface area contributed by atoms with Crippen molar-refractivity contribution in [3.8, 4) is 17.2 Å². The van der Waals surface area contributed by atoms with Crippen molar-refractivity contribution < 1.29 is 23.8 Å². The van der Waals surface area contributed by atoms with Crippen molar-refractivity contribution in [1.82, 2.24) is 5.43 Å². The number of hydrogen-bond donors (Lipinski definition) is 2. The first kappa shape index (κ1) is 16.3. The van der Waals surface area contributed by atoms with Crippen LogP contribution in [0.25, 0.3) is 0 Å². The first-order valence-electron chi connectivity index (χ1n) is 6.60. The minimum Gasteiger partial charge on any atom is -0.492 e. The van der Waals surface area contributed by atoms with E-state index < -0.39 is 12.0 Å². The molecule has 8 nitrogen and oxygen atoms in total. The number of halogens is 2. The lowest BCUT2D eigenvalue weighted by atomic mass is 9.93. The Labute approximate surface area is 148 Å². The van der Waals surface area contributed by atoms with E-state index in [1.807, 2.05) is 6.92 Å². The van der Waals surface area contributed by atoms with Crippen molar-refractivity contribution in [2.75, 3.05) is 13.9 Å². The number of carbonyl (C=O) groups is 1. The van der Waals surface area contributed by atoms with Crippen molar-refractivity contribution in [3.05, 3.63) is 14.5 Å². The number of methoxy groups -OCH3 is 1. The van der Waals surface area contributed by atoms with Crippen LogP contribution in [0.3, 0.4) is 0 Å². The molecule has 2 aliphatic heterocycles. The van der Waals surface area contributed by atoms with Gasteiger partial charge in [-0.3, -0.25) is 10.2 Å². The number of hydrogen-bond acceptors (Lipinski definition) is 7. The Bertz CT molecular complexity index is 710. The molecular formula is C13H13Br2N3O5. The second kappa shape index (κ2) is 6.17. The molecule has 0 aromatic heterocycles. The van der Waals surface area contributed by atoms with Crippen LogP contribution < -0.4 is 25.5 Å². The van der Waals surface area contributed by atoms with E-state index in [2.05, 4.69) is 42.4 Å². The molecule has 0 unspecified atom stereocenters. The van der Waals surface area contributed by atoms with Crippen LogP contribution in [0.1, 0.15) is 18.6 Å². The second-order valence-electron chi connectivity index (χ2n) is 4.90. The Morgan fingerprint density at radius 2 is 2.04 bits per heavy atom. The van der Waals surface area contributed by atoms with Gasteiger partial charge >= 0.3 is 0 Å². The third-order valence-electron chi connectivity index (χ3n) is 3.69. The maximum Gasteiger partial charge on any atom is 0.283 e.